The van der Waals surface area contributed by atoms with Crippen LogP contribution in [0.3, 0.4) is 0 Å². The number of carbonyl (C=O) groups is 3. The van der Waals surface area contributed by atoms with E-state index in [-0.39, 0.29) is 17.4 Å². The number of carbonyl (C=O) groups excluding carboxylic acids is 3. The molecule has 6 nitrogen and oxygen atoms in total. The van der Waals surface area contributed by atoms with Gasteiger partial charge in [0.2, 0.25) is 11.8 Å². The van der Waals surface area contributed by atoms with Crippen molar-refractivity contribution in [2.75, 3.05) is 17.2 Å². The molecule has 0 saturated heterocycles. The molecule has 3 N–H and O–H groups in total. The maximum Gasteiger partial charge on any atom is 0.253 e. The highest BCUT2D eigenvalue weighted by molar-refractivity contribution is 6.09. The number of rotatable bonds is 6. The van der Waals surface area contributed by atoms with Crippen LogP contribution in [0.5, 0.6) is 0 Å². The highest BCUT2D eigenvalue weighted by Gasteiger charge is 2.30. The Morgan fingerprint density at radius 2 is 1.53 bits per heavy atom. The summed E-state index contributed by atoms with van der Waals surface area (Å²) in [7, 11) is 0. The van der Waals surface area contributed by atoms with Gasteiger partial charge in [-0.2, -0.15) is 0 Å². The van der Waals surface area contributed by atoms with Crippen LogP contribution in [0, 0.1) is 23.4 Å². The van der Waals surface area contributed by atoms with E-state index in [0.29, 0.717) is 11.8 Å². The summed E-state index contributed by atoms with van der Waals surface area (Å²) in [5, 5.41) is 8.82. The third kappa shape index (κ3) is 4.56. The van der Waals surface area contributed by atoms with Crippen LogP contribution in [-0.2, 0) is 9.59 Å². The molecular formula is C23H18F3N3O3. The summed E-state index contributed by atoms with van der Waals surface area (Å²) >= 11 is 0. The zero-order valence-electron chi connectivity index (χ0n) is 16.7. The highest BCUT2D eigenvalue weighted by atomic mass is 19.2. The van der Waals surface area contributed by atoms with Crippen molar-refractivity contribution in [3.63, 3.8) is 0 Å². The molecule has 3 aromatic carbocycles. The van der Waals surface area contributed by atoms with E-state index >= 15 is 0 Å². The predicted molar refractivity (Wildman–Crippen MR) is 113 cm³/mol. The van der Waals surface area contributed by atoms with Gasteiger partial charge in [-0.3, -0.25) is 14.4 Å². The lowest BCUT2D eigenvalue weighted by atomic mass is 10.0. The van der Waals surface area contributed by atoms with Crippen molar-refractivity contribution in [2.45, 2.75) is 12.8 Å². The third-order valence-electron chi connectivity index (χ3n) is 5.06. The largest absolute Gasteiger partial charge is 0.343 e. The van der Waals surface area contributed by atoms with E-state index in [1.807, 2.05) is 12.1 Å². The molecule has 0 aliphatic heterocycles. The summed E-state index contributed by atoms with van der Waals surface area (Å²) in [5.41, 5.74) is -0.0825. The van der Waals surface area contributed by atoms with Gasteiger partial charge in [0.1, 0.15) is 0 Å². The van der Waals surface area contributed by atoms with E-state index in [2.05, 4.69) is 16.0 Å². The van der Waals surface area contributed by atoms with Gasteiger partial charge in [0.15, 0.2) is 17.5 Å². The molecule has 3 amide bonds. The molecule has 3 aromatic rings. The number of amides is 3. The third-order valence-corrected chi connectivity index (χ3v) is 5.06. The van der Waals surface area contributed by atoms with Crippen molar-refractivity contribution in [3.8, 4) is 0 Å². The second-order valence-electron chi connectivity index (χ2n) is 7.46. The number of nitrogens with one attached hydrogen (secondary N) is 3. The minimum absolute atomic E-state index is 0.0749. The van der Waals surface area contributed by atoms with E-state index in [1.165, 1.54) is 0 Å². The second-order valence-corrected chi connectivity index (χ2v) is 7.46. The lowest BCUT2D eigenvalue weighted by Crippen LogP contribution is -2.33. The number of halogens is 3. The van der Waals surface area contributed by atoms with Crippen LogP contribution in [0.2, 0.25) is 0 Å². The molecule has 1 aliphatic carbocycles. The lowest BCUT2D eigenvalue weighted by Gasteiger charge is -2.13. The summed E-state index contributed by atoms with van der Waals surface area (Å²) in [6.07, 6.45) is 1.59. The smallest absolute Gasteiger partial charge is 0.253 e. The quantitative estimate of drug-likeness (QED) is 0.506. The Hall–Kier alpha value is -3.88. The fourth-order valence-corrected chi connectivity index (χ4v) is 3.18. The topological polar surface area (TPSA) is 87.3 Å². The van der Waals surface area contributed by atoms with E-state index in [9.17, 15) is 27.6 Å². The molecular weight excluding hydrogens is 423 g/mol. The maximum absolute atomic E-state index is 13.7. The van der Waals surface area contributed by atoms with Crippen molar-refractivity contribution < 1.29 is 27.6 Å². The molecule has 1 fully saturated rings. The molecule has 0 heterocycles. The Bertz CT molecular complexity index is 1240. The van der Waals surface area contributed by atoms with Crippen molar-refractivity contribution in [3.05, 3.63) is 71.5 Å². The van der Waals surface area contributed by atoms with E-state index in [1.54, 1.807) is 24.3 Å². The SMILES string of the molecule is O=C(CNC(=O)c1cc2ccccc2cc1NC(=O)C1CC1)Nc1ccc(F)c(F)c1F. The number of hydrogen-bond donors (Lipinski definition) is 3. The Morgan fingerprint density at radius 1 is 0.844 bits per heavy atom. The van der Waals surface area contributed by atoms with E-state index in [0.717, 1.165) is 29.7 Å². The van der Waals surface area contributed by atoms with Gasteiger partial charge < -0.3 is 16.0 Å². The van der Waals surface area contributed by atoms with Gasteiger partial charge in [-0.25, -0.2) is 13.2 Å². The molecule has 1 saturated carbocycles. The van der Waals surface area contributed by atoms with Crippen LogP contribution in [0.4, 0.5) is 24.5 Å². The summed E-state index contributed by atoms with van der Waals surface area (Å²) in [6, 6.07) is 12.1. The summed E-state index contributed by atoms with van der Waals surface area (Å²) in [5.74, 6) is -6.36. The molecule has 32 heavy (non-hydrogen) atoms. The first kappa shape index (κ1) is 21.4. The number of benzene rings is 3. The van der Waals surface area contributed by atoms with Gasteiger partial charge in [0.25, 0.3) is 5.91 Å². The average Bonchev–Trinajstić information content (AvgIpc) is 3.63. The van der Waals surface area contributed by atoms with Crippen LogP contribution < -0.4 is 16.0 Å². The summed E-state index contributed by atoms with van der Waals surface area (Å²) in [4.78, 5) is 37.1. The normalized spacial score (nSPS) is 13.0. The van der Waals surface area contributed by atoms with Gasteiger partial charge in [-0.1, -0.05) is 24.3 Å². The van der Waals surface area contributed by atoms with Gasteiger partial charge in [0.05, 0.1) is 23.5 Å². The van der Waals surface area contributed by atoms with Crippen LogP contribution in [0.1, 0.15) is 23.2 Å². The molecule has 0 unspecified atom stereocenters. The first-order chi connectivity index (χ1) is 15.3. The molecule has 0 atom stereocenters. The van der Waals surface area contributed by atoms with Crippen LogP contribution in [0.25, 0.3) is 10.8 Å². The van der Waals surface area contributed by atoms with Gasteiger partial charge in [-0.05, 0) is 47.9 Å². The Labute approximate surface area is 180 Å². The molecule has 0 aromatic heterocycles. The zero-order valence-corrected chi connectivity index (χ0v) is 16.7. The predicted octanol–water partition coefficient (Wildman–Crippen LogP) is 3.97. The highest BCUT2D eigenvalue weighted by Crippen LogP contribution is 2.32. The monoisotopic (exact) mass is 441 g/mol. The number of hydrogen-bond acceptors (Lipinski definition) is 3. The van der Waals surface area contributed by atoms with Crippen molar-refractivity contribution in [1.29, 1.82) is 0 Å². The van der Waals surface area contributed by atoms with Crippen LogP contribution >= 0.6 is 0 Å². The van der Waals surface area contributed by atoms with Gasteiger partial charge in [-0.15, -0.1) is 0 Å². The molecule has 4 rings (SSSR count). The Morgan fingerprint density at radius 3 is 2.22 bits per heavy atom. The molecule has 164 valence electrons. The molecule has 0 bridgehead atoms. The Kier molecular flexibility index (Phi) is 5.81. The lowest BCUT2D eigenvalue weighted by molar-refractivity contribution is -0.117. The molecule has 0 spiro atoms. The minimum atomic E-state index is -1.71. The molecule has 1 aliphatic rings. The van der Waals surface area contributed by atoms with Crippen molar-refractivity contribution in [2.24, 2.45) is 5.92 Å². The molecule has 0 radical (unpaired) electrons. The first-order valence-corrected chi connectivity index (χ1v) is 9.88. The van der Waals surface area contributed by atoms with E-state index < -0.39 is 41.5 Å². The standard InChI is InChI=1S/C23H18F3N3O3/c24-16-7-8-17(21(26)20(16)25)28-19(30)11-27-23(32)15-9-13-3-1-2-4-14(13)10-18(15)29-22(31)12-5-6-12/h1-4,7-10,12H,5-6,11H2,(H,27,32)(H,28,30)(H,29,31). The molecule has 9 heteroatoms. The Balaban J connectivity index is 1.49. The van der Waals surface area contributed by atoms with Crippen molar-refractivity contribution >= 4 is 39.9 Å². The van der Waals surface area contributed by atoms with Crippen LogP contribution in [0.15, 0.2) is 48.5 Å². The minimum Gasteiger partial charge on any atom is -0.343 e. The number of fused-ring (bicyclic) bond motifs is 1. The zero-order chi connectivity index (χ0) is 22.8. The average molecular weight is 441 g/mol. The van der Waals surface area contributed by atoms with Crippen LogP contribution in [-0.4, -0.2) is 24.3 Å². The van der Waals surface area contributed by atoms with Gasteiger partial charge in [0, 0.05) is 5.92 Å². The fourth-order valence-electron chi connectivity index (χ4n) is 3.18. The van der Waals surface area contributed by atoms with Gasteiger partial charge >= 0.3 is 0 Å². The summed E-state index contributed by atoms with van der Waals surface area (Å²) < 4.78 is 40.0. The van der Waals surface area contributed by atoms with Crippen molar-refractivity contribution in [1.82, 2.24) is 5.32 Å². The second kappa shape index (κ2) is 8.70. The fraction of sp³-hybridized carbons (Fsp3) is 0.174. The first-order valence-electron chi connectivity index (χ1n) is 9.88. The van der Waals surface area contributed by atoms with E-state index in [4.69, 9.17) is 0 Å². The number of anilines is 2. The maximum atomic E-state index is 13.7. The summed E-state index contributed by atoms with van der Waals surface area (Å²) in [6.45, 7) is -0.555.